The lowest BCUT2D eigenvalue weighted by Gasteiger charge is -2.31. The number of rotatable bonds is 5. The number of aromatic nitrogens is 2. The van der Waals surface area contributed by atoms with Gasteiger partial charge in [-0.25, -0.2) is 9.78 Å². The first kappa shape index (κ1) is 17.2. The molecule has 2 aromatic rings. The molecule has 3 rings (SSSR count). The van der Waals surface area contributed by atoms with Crippen molar-refractivity contribution in [3.8, 4) is 11.4 Å². The van der Waals surface area contributed by atoms with Gasteiger partial charge in [0.2, 0.25) is 0 Å². The van der Waals surface area contributed by atoms with Gasteiger partial charge >= 0.3 is 5.97 Å². The van der Waals surface area contributed by atoms with Gasteiger partial charge in [0, 0.05) is 31.0 Å². The Hall–Kier alpha value is -2.63. The van der Waals surface area contributed by atoms with Crippen LogP contribution >= 0.6 is 0 Å². The Labute approximate surface area is 147 Å². The molecular formula is C19H23N3O3. The second-order valence-corrected chi connectivity index (χ2v) is 6.39. The zero-order valence-electron chi connectivity index (χ0n) is 14.4. The number of hydrogen-bond donors (Lipinski definition) is 1. The summed E-state index contributed by atoms with van der Waals surface area (Å²) < 4.78 is 5.18. The number of esters is 1. The number of amides is 1. The van der Waals surface area contributed by atoms with Crippen molar-refractivity contribution in [2.75, 3.05) is 13.7 Å². The number of imidazole rings is 1. The number of nitrogens with zero attached hydrogens (tertiary/aromatic N) is 2. The van der Waals surface area contributed by atoms with E-state index in [4.69, 9.17) is 4.74 Å². The topological polar surface area (TPSA) is 75.3 Å². The maximum atomic E-state index is 12.2. The number of aromatic amines is 1. The average Bonchev–Trinajstić information content (AvgIpc) is 3.21. The second kappa shape index (κ2) is 7.96. The van der Waals surface area contributed by atoms with E-state index < -0.39 is 5.97 Å². The molecule has 0 atom stereocenters. The molecule has 0 radical (unpaired) electrons. The van der Waals surface area contributed by atoms with Crippen molar-refractivity contribution in [1.82, 2.24) is 14.9 Å². The quantitative estimate of drug-likeness (QED) is 0.848. The number of carbonyl (C=O) groups is 2. The summed E-state index contributed by atoms with van der Waals surface area (Å²) in [5.74, 6) is 0.105. The molecule has 132 valence electrons. The predicted octanol–water partition coefficient (Wildman–Crippen LogP) is 3.02. The van der Waals surface area contributed by atoms with Crippen LogP contribution in [0.5, 0.6) is 0 Å². The Morgan fingerprint density at radius 3 is 2.56 bits per heavy atom. The lowest BCUT2D eigenvalue weighted by atomic mass is 9.94. The van der Waals surface area contributed by atoms with Crippen LogP contribution in [-0.4, -0.2) is 46.4 Å². The first-order valence-corrected chi connectivity index (χ1v) is 8.68. The van der Waals surface area contributed by atoms with Gasteiger partial charge in [0.1, 0.15) is 5.82 Å². The van der Waals surface area contributed by atoms with Crippen LogP contribution in [0, 0.1) is 0 Å². The van der Waals surface area contributed by atoms with E-state index in [1.807, 2.05) is 0 Å². The molecule has 1 aromatic heterocycles. The fourth-order valence-corrected chi connectivity index (χ4v) is 3.17. The largest absolute Gasteiger partial charge is 0.452 e. The van der Waals surface area contributed by atoms with Gasteiger partial charge in [-0.15, -0.1) is 0 Å². The summed E-state index contributed by atoms with van der Waals surface area (Å²) in [6, 6.07) is 7.22. The smallest absolute Gasteiger partial charge is 0.338 e. The average molecular weight is 341 g/mol. The number of hydrogen-bond acceptors (Lipinski definition) is 4. The number of likely N-dealkylation sites (N-methyl/N-ethyl adjacent to an activating group) is 1. The summed E-state index contributed by atoms with van der Waals surface area (Å²) >= 11 is 0. The molecule has 25 heavy (non-hydrogen) atoms. The minimum absolute atomic E-state index is 0.146. The van der Waals surface area contributed by atoms with Crippen molar-refractivity contribution in [3.05, 3.63) is 42.2 Å². The van der Waals surface area contributed by atoms with Gasteiger partial charge in [-0.2, -0.15) is 0 Å². The predicted molar refractivity (Wildman–Crippen MR) is 93.9 cm³/mol. The molecule has 1 aliphatic rings. The van der Waals surface area contributed by atoms with Gasteiger partial charge in [0.05, 0.1) is 5.56 Å². The summed E-state index contributed by atoms with van der Waals surface area (Å²) in [6.07, 6.45) is 9.03. The van der Waals surface area contributed by atoms with Crippen LogP contribution in [0.3, 0.4) is 0 Å². The number of nitrogens with one attached hydrogen (secondary N) is 1. The first-order valence-electron chi connectivity index (χ1n) is 8.68. The number of benzene rings is 1. The molecule has 1 saturated carbocycles. The van der Waals surface area contributed by atoms with Crippen LogP contribution in [0.1, 0.15) is 42.5 Å². The van der Waals surface area contributed by atoms with Gasteiger partial charge in [0.25, 0.3) is 5.91 Å². The van der Waals surface area contributed by atoms with Crippen LogP contribution in [0.2, 0.25) is 0 Å². The molecule has 1 N–H and O–H groups in total. The SMILES string of the molecule is CN(C(=O)COC(=O)c1ccc(-c2ncc[nH]2)cc1)C1CCCCC1. The van der Waals surface area contributed by atoms with E-state index in [1.165, 1.54) is 6.42 Å². The van der Waals surface area contributed by atoms with Crippen molar-refractivity contribution >= 4 is 11.9 Å². The third kappa shape index (κ3) is 4.26. The first-order chi connectivity index (χ1) is 12.1. The zero-order valence-corrected chi connectivity index (χ0v) is 14.4. The molecule has 0 spiro atoms. The van der Waals surface area contributed by atoms with E-state index in [-0.39, 0.29) is 18.6 Å². The Bertz CT molecular complexity index is 704. The molecule has 1 aliphatic carbocycles. The fourth-order valence-electron chi connectivity index (χ4n) is 3.17. The van der Waals surface area contributed by atoms with Gasteiger partial charge in [-0.3, -0.25) is 4.79 Å². The summed E-state index contributed by atoms with van der Waals surface area (Å²) in [4.78, 5) is 33.3. The van der Waals surface area contributed by atoms with E-state index >= 15 is 0 Å². The van der Waals surface area contributed by atoms with Gasteiger partial charge in [0.15, 0.2) is 6.61 Å². The summed E-state index contributed by atoms with van der Waals surface area (Å²) in [5, 5.41) is 0. The molecular weight excluding hydrogens is 318 g/mol. The molecule has 6 heteroatoms. The number of H-pyrrole nitrogens is 1. The highest BCUT2D eigenvalue weighted by Crippen LogP contribution is 2.21. The highest BCUT2D eigenvalue weighted by atomic mass is 16.5. The summed E-state index contributed by atoms with van der Waals surface area (Å²) in [7, 11) is 1.80. The fraction of sp³-hybridized carbons (Fsp3) is 0.421. The lowest BCUT2D eigenvalue weighted by molar-refractivity contribution is -0.135. The van der Waals surface area contributed by atoms with Crippen molar-refractivity contribution in [1.29, 1.82) is 0 Å². The molecule has 1 aromatic carbocycles. The Morgan fingerprint density at radius 1 is 1.20 bits per heavy atom. The minimum atomic E-state index is -0.489. The van der Waals surface area contributed by atoms with Crippen molar-refractivity contribution in [2.24, 2.45) is 0 Å². The lowest BCUT2D eigenvalue weighted by Crippen LogP contribution is -2.40. The van der Waals surface area contributed by atoms with E-state index in [0.29, 0.717) is 5.56 Å². The molecule has 1 heterocycles. The minimum Gasteiger partial charge on any atom is -0.452 e. The van der Waals surface area contributed by atoms with Crippen LogP contribution < -0.4 is 0 Å². The Morgan fingerprint density at radius 2 is 1.92 bits per heavy atom. The molecule has 0 aliphatic heterocycles. The third-order valence-corrected chi connectivity index (χ3v) is 4.73. The Balaban J connectivity index is 1.52. The van der Waals surface area contributed by atoms with Crippen molar-refractivity contribution < 1.29 is 14.3 Å². The summed E-state index contributed by atoms with van der Waals surface area (Å²) in [5.41, 5.74) is 1.30. The van der Waals surface area contributed by atoms with E-state index in [9.17, 15) is 9.59 Å². The van der Waals surface area contributed by atoms with E-state index in [1.54, 1.807) is 48.6 Å². The maximum absolute atomic E-state index is 12.2. The van der Waals surface area contributed by atoms with Gasteiger partial charge < -0.3 is 14.6 Å². The van der Waals surface area contributed by atoms with Crippen LogP contribution in [0.25, 0.3) is 11.4 Å². The molecule has 6 nitrogen and oxygen atoms in total. The van der Waals surface area contributed by atoms with Crippen LogP contribution in [0.15, 0.2) is 36.7 Å². The summed E-state index contributed by atoms with van der Waals surface area (Å²) in [6.45, 7) is -0.216. The van der Waals surface area contributed by atoms with E-state index in [0.717, 1.165) is 37.1 Å². The monoisotopic (exact) mass is 341 g/mol. The van der Waals surface area contributed by atoms with Crippen LogP contribution in [0.4, 0.5) is 0 Å². The third-order valence-electron chi connectivity index (χ3n) is 4.73. The van der Waals surface area contributed by atoms with E-state index in [2.05, 4.69) is 9.97 Å². The van der Waals surface area contributed by atoms with Gasteiger partial charge in [-0.1, -0.05) is 31.4 Å². The zero-order chi connectivity index (χ0) is 17.6. The highest BCUT2D eigenvalue weighted by molar-refractivity contribution is 5.91. The van der Waals surface area contributed by atoms with Crippen molar-refractivity contribution in [2.45, 2.75) is 38.1 Å². The number of ether oxygens (including phenoxy) is 1. The van der Waals surface area contributed by atoms with Crippen LogP contribution in [-0.2, 0) is 9.53 Å². The molecule has 1 fully saturated rings. The maximum Gasteiger partial charge on any atom is 0.338 e. The second-order valence-electron chi connectivity index (χ2n) is 6.39. The van der Waals surface area contributed by atoms with Gasteiger partial charge in [-0.05, 0) is 25.0 Å². The highest BCUT2D eigenvalue weighted by Gasteiger charge is 2.23. The standard InChI is InChI=1S/C19H23N3O3/c1-22(16-5-3-2-4-6-16)17(23)13-25-19(24)15-9-7-14(8-10-15)18-20-11-12-21-18/h7-12,16H,2-6,13H2,1H3,(H,20,21). The normalized spacial score (nSPS) is 14.9. The molecule has 0 saturated heterocycles. The number of carbonyl (C=O) groups excluding carboxylic acids is 2. The molecule has 1 amide bonds. The Kier molecular flexibility index (Phi) is 5.48. The molecule has 0 bridgehead atoms. The van der Waals surface area contributed by atoms with Crippen molar-refractivity contribution in [3.63, 3.8) is 0 Å². The molecule has 0 unspecified atom stereocenters.